The molecule has 0 radical (unpaired) electrons. The number of rotatable bonds is 26. The molecule has 3 saturated heterocycles. The number of carbonyl (C=O) groups excluding carboxylic acids is 5. The summed E-state index contributed by atoms with van der Waals surface area (Å²) < 4.78 is 11.8. The van der Waals surface area contributed by atoms with Gasteiger partial charge in [-0.25, -0.2) is 0 Å². The number of methoxy groups -OCH3 is 2. The van der Waals surface area contributed by atoms with Crippen LogP contribution in [0.25, 0.3) is 0 Å². The summed E-state index contributed by atoms with van der Waals surface area (Å²) in [6.45, 7) is 22.2. The number of nitrogens with one attached hydrogen (secondary N) is 1. The number of likely N-dealkylation sites (N-methyl/N-ethyl adjacent to an activating group) is 2. The van der Waals surface area contributed by atoms with Crippen molar-refractivity contribution in [2.24, 2.45) is 35.5 Å². The first-order chi connectivity index (χ1) is 27.4. The number of carbonyl (C=O) groups is 5. The third-order valence-electron chi connectivity index (χ3n) is 14.7. The Bertz CT molecular complexity index is 1380. The lowest BCUT2D eigenvalue weighted by Gasteiger charge is -2.48. The predicted molar refractivity (Wildman–Crippen MR) is 230 cm³/mol. The SMILES string of the molecule is CCC1C2CC1(CC)N(CCCCCCN(C)C(C(=O)N[C@H](C(=O)N(C)[C@H](C(CC(=O)N1CCCC1C(OC)C(C)C(C)=O)OC)[C@@H](C)CC)C(C)C)C(C)C)C2=O. The van der Waals surface area contributed by atoms with Crippen molar-refractivity contribution in [1.82, 2.24) is 24.9 Å². The molecule has 11 atom stereocenters. The van der Waals surface area contributed by atoms with Gasteiger partial charge in [0.05, 0.1) is 36.8 Å². The standard InChI is InChI=1S/C46H83N5O7/c1-15-31(8)41(37(57-13)27-38(53)50-25-22-23-36(50)42(58-14)32(9)33(10)52)49(12)45(56)39(29(4)5)47-43(54)40(30(6)7)48(11)24-20-18-19-21-26-51-44(55)34-28-46(51,17-3)35(34)16-2/h29-32,34-37,39-42H,15-28H2,1-14H3,(H,47,54)/t31-,32?,34?,35?,36?,37?,39-,40?,41-,42?,46?/m0/s1. The summed E-state index contributed by atoms with van der Waals surface area (Å²) in [4.78, 5) is 75.8. The van der Waals surface area contributed by atoms with Crippen LogP contribution in [0.15, 0.2) is 0 Å². The van der Waals surface area contributed by atoms with Crippen LogP contribution >= 0.6 is 0 Å². The first-order valence-corrected chi connectivity index (χ1v) is 22.8. The van der Waals surface area contributed by atoms with Crippen molar-refractivity contribution in [2.75, 3.05) is 47.9 Å². The summed E-state index contributed by atoms with van der Waals surface area (Å²) in [5, 5.41) is 3.16. The molecule has 4 fully saturated rings. The number of nitrogens with zero attached hydrogens (tertiary/aromatic N) is 4. The van der Waals surface area contributed by atoms with Crippen LogP contribution in [0, 0.1) is 35.5 Å². The number of hydrogen-bond donors (Lipinski definition) is 1. The van der Waals surface area contributed by atoms with E-state index in [1.165, 1.54) is 0 Å². The van der Waals surface area contributed by atoms with Crippen molar-refractivity contribution in [1.29, 1.82) is 0 Å². The average molecular weight is 818 g/mol. The molecule has 0 aromatic heterocycles. The maximum Gasteiger partial charge on any atom is 0.245 e. The summed E-state index contributed by atoms with van der Waals surface area (Å²) in [5.74, 6) is 0.245. The summed E-state index contributed by atoms with van der Waals surface area (Å²) in [7, 11) is 6.95. The first-order valence-electron chi connectivity index (χ1n) is 22.8. The highest BCUT2D eigenvalue weighted by molar-refractivity contribution is 5.90. The van der Waals surface area contributed by atoms with E-state index in [4.69, 9.17) is 9.47 Å². The van der Waals surface area contributed by atoms with Gasteiger partial charge in [-0.15, -0.1) is 0 Å². The van der Waals surface area contributed by atoms with Crippen LogP contribution in [-0.4, -0.2) is 139 Å². The van der Waals surface area contributed by atoms with Gasteiger partial charge in [0.15, 0.2) is 0 Å². The molecule has 0 aromatic carbocycles. The van der Waals surface area contributed by atoms with Crippen molar-refractivity contribution in [3.63, 3.8) is 0 Å². The maximum absolute atomic E-state index is 14.5. The molecule has 4 rings (SSSR count). The smallest absolute Gasteiger partial charge is 0.245 e. The Labute approximate surface area is 352 Å². The fourth-order valence-electron chi connectivity index (χ4n) is 11.0. The summed E-state index contributed by atoms with van der Waals surface area (Å²) >= 11 is 0. The van der Waals surface area contributed by atoms with E-state index in [9.17, 15) is 24.0 Å². The number of fused-ring (bicyclic) bond motifs is 1. The van der Waals surface area contributed by atoms with E-state index in [-0.39, 0.29) is 71.1 Å². The number of amides is 4. The second-order valence-corrected chi connectivity index (χ2v) is 18.8. The van der Waals surface area contributed by atoms with Gasteiger partial charge in [-0.05, 0) is 82.7 Å². The number of ketones is 1. The average Bonchev–Trinajstić information content (AvgIpc) is 3.83. The summed E-state index contributed by atoms with van der Waals surface area (Å²) in [6, 6.07) is -1.79. The van der Waals surface area contributed by atoms with Gasteiger partial charge in [0.2, 0.25) is 23.6 Å². The normalized spacial score (nSPS) is 25.4. The molecule has 334 valence electrons. The molecule has 8 unspecified atom stereocenters. The molecule has 12 nitrogen and oxygen atoms in total. The molecular weight excluding hydrogens is 735 g/mol. The Morgan fingerprint density at radius 3 is 2.12 bits per heavy atom. The van der Waals surface area contributed by atoms with Crippen LogP contribution in [0.3, 0.4) is 0 Å². The van der Waals surface area contributed by atoms with E-state index in [1.807, 2.05) is 46.6 Å². The summed E-state index contributed by atoms with van der Waals surface area (Å²) in [6.07, 6.45) is 8.65. The molecule has 0 aromatic rings. The van der Waals surface area contributed by atoms with Gasteiger partial charge in [-0.2, -0.15) is 0 Å². The molecule has 4 aliphatic rings. The number of Topliss-reactive ketones (excluding diaryl/α,β-unsaturated/α-hetero) is 1. The molecule has 0 spiro atoms. The van der Waals surface area contributed by atoms with Gasteiger partial charge in [-0.3, -0.25) is 28.9 Å². The monoisotopic (exact) mass is 818 g/mol. The molecular formula is C46H83N5O7. The van der Waals surface area contributed by atoms with Gasteiger partial charge in [0, 0.05) is 51.7 Å². The van der Waals surface area contributed by atoms with Gasteiger partial charge < -0.3 is 29.5 Å². The molecule has 3 aliphatic heterocycles. The van der Waals surface area contributed by atoms with Gasteiger partial charge in [0.1, 0.15) is 11.8 Å². The maximum atomic E-state index is 14.5. The van der Waals surface area contributed by atoms with Gasteiger partial charge >= 0.3 is 0 Å². The second-order valence-electron chi connectivity index (χ2n) is 18.8. The third kappa shape index (κ3) is 10.8. The van der Waals surface area contributed by atoms with Gasteiger partial charge in [-0.1, -0.05) is 88.0 Å². The molecule has 58 heavy (non-hydrogen) atoms. The lowest BCUT2D eigenvalue weighted by Crippen LogP contribution is -2.60. The Morgan fingerprint density at radius 1 is 0.931 bits per heavy atom. The topological polar surface area (TPSA) is 129 Å². The van der Waals surface area contributed by atoms with Crippen molar-refractivity contribution in [3.05, 3.63) is 0 Å². The molecule has 1 N–H and O–H groups in total. The van der Waals surface area contributed by atoms with E-state index < -0.39 is 30.3 Å². The van der Waals surface area contributed by atoms with E-state index >= 15 is 0 Å². The number of hydrogen-bond acceptors (Lipinski definition) is 8. The van der Waals surface area contributed by atoms with E-state index in [0.29, 0.717) is 18.4 Å². The van der Waals surface area contributed by atoms with Crippen LogP contribution in [0.2, 0.25) is 0 Å². The minimum atomic E-state index is -0.761. The minimum absolute atomic E-state index is 0.00562. The Hall–Kier alpha value is -2.57. The molecule has 1 saturated carbocycles. The molecule has 2 bridgehead atoms. The Balaban J connectivity index is 1.63. The highest BCUT2D eigenvalue weighted by atomic mass is 16.5. The number of unbranched alkanes of at least 4 members (excludes halogenated alkanes) is 3. The number of ether oxygens (including phenoxy) is 2. The Morgan fingerprint density at radius 2 is 1.59 bits per heavy atom. The quantitative estimate of drug-likeness (QED) is 0.102. The fourth-order valence-corrected chi connectivity index (χ4v) is 11.0. The zero-order valence-corrected chi connectivity index (χ0v) is 39.0. The lowest BCUT2D eigenvalue weighted by molar-refractivity contribution is -0.147. The van der Waals surface area contributed by atoms with Crippen LogP contribution in [0.4, 0.5) is 0 Å². The van der Waals surface area contributed by atoms with E-state index in [1.54, 1.807) is 33.1 Å². The van der Waals surface area contributed by atoms with E-state index in [0.717, 1.165) is 77.3 Å². The highest BCUT2D eigenvalue weighted by Crippen LogP contribution is 2.59. The molecule has 3 heterocycles. The van der Waals surface area contributed by atoms with Crippen molar-refractivity contribution in [3.8, 4) is 0 Å². The first kappa shape index (κ1) is 49.8. The van der Waals surface area contributed by atoms with Crippen LogP contribution < -0.4 is 5.32 Å². The fraction of sp³-hybridized carbons (Fsp3) is 0.891. The van der Waals surface area contributed by atoms with Crippen LogP contribution in [0.1, 0.15) is 140 Å². The molecule has 1 aliphatic carbocycles. The second kappa shape index (κ2) is 22.3. The van der Waals surface area contributed by atoms with Crippen LogP contribution in [-0.2, 0) is 33.4 Å². The third-order valence-corrected chi connectivity index (χ3v) is 14.7. The number of likely N-dealkylation sites (tertiary alicyclic amines) is 1. The van der Waals surface area contributed by atoms with E-state index in [2.05, 4.69) is 42.8 Å². The van der Waals surface area contributed by atoms with Crippen molar-refractivity contribution in [2.45, 2.75) is 182 Å². The predicted octanol–water partition coefficient (Wildman–Crippen LogP) is 6.19. The Kier molecular flexibility index (Phi) is 19.2. The van der Waals surface area contributed by atoms with Crippen molar-refractivity contribution >= 4 is 29.4 Å². The molecule has 4 amide bonds. The molecule has 12 heteroatoms. The highest BCUT2D eigenvalue weighted by Gasteiger charge is 2.66. The van der Waals surface area contributed by atoms with Crippen LogP contribution in [0.5, 0.6) is 0 Å². The zero-order chi connectivity index (χ0) is 43.6. The van der Waals surface area contributed by atoms with Crippen molar-refractivity contribution < 1.29 is 33.4 Å². The largest absolute Gasteiger partial charge is 0.379 e. The lowest BCUT2D eigenvalue weighted by atomic mass is 9.60. The zero-order valence-electron chi connectivity index (χ0n) is 39.0. The van der Waals surface area contributed by atoms with Gasteiger partial charge in [0.25, 0.3) is 0 Å². The minimum Gasteiger partial charge on any atom is -0.379 e. The summed E-state index contributed by atoms with van der Waals surface area (Å²) in [5.41, 5.74) is 0.0987.